The van der Waals surface area contributed by atoms with E-state index in [0.717, 1.165) is 12.8 Å². The van der Waals surface area contributed by atoms with Gasteiger partial charge >= 0.3 is 0 Å². The molecule has 0 radical (unpaired) electrons. The molecule has 0 bridgehead atoms. The maximum Gasteiger partial charge on any atom is 0.250 e. The van der Waals surface area contributed by atoms with Crippen LogP contribution >= 0.6 is 0 Å². The average molecular weight is 354 g/mol. The molecule has 1 aromatic heterocycles. The number of nitrogens with zero attached hydrogens (tertiary/aromatic N) is 2. The molecule has 132 valence electrons. The summed E-state index contributed by atoms with van der Waals surface area (Å²) in [5.41, 5.74) is -0.248. The number of pyridine rings is 1. The van der Waals surface area contributed by atoms with E-state index in [4.69, 9.17) is 4.74 Å². The second kappa shape index (κ2) is 7.06. The molecule has 1 amide bonds. The quantitative estimate of drug-likeness (QED) is 0.745. The Balaban J connectivity index is 1.76. The van der Waals surface area contributed by atoms with E-state index in [1.54, 1.807) is 23.2 Å². The molecule has 3 heterocycles. The van der Waals surface area contributed by atoms with E-state index in [0.29, 0.717) is 19.6 Å². The molecule has 0 unspecified atom stereocenters. The van der Waals surface area contributed by atoms with E-state index in [9.17, 15) is 18.0 Å². The number of rotatable bonds is 5. The SMILES string of the molecule is O=C(Cn1ccccc1=O)N(C[C@H]1CCCO1)[C@@H]1CCS(=O)(=O)C1. The van der Waals surface area contributed by atoms with Crippen LogP contribution in [0, 0.1) is 0 Å². The lowest BCUT2D eigenvalue weighted by molar-refractivity contribution is -0.135. The van der Waals surface area contributed by atoms with Gasteiger partial charge in [-0.1, -0.05) is 6.07 Å². The highest BCUT2D eigenvalue weighted by Gasteiger charge is 2.36. The molecule has 1 aromatic rings. The third-order valence-corrected chi connectivity index (χ3v) is 6.35. The van der Waals surface area contributed by atoms with Crippen LogP contribution in [-0.2, 0) is 25.9 Å². The highest BCUT2D eigenvalue weighted by atomic mass is 32.2. The van der Waals surface area contributed by atoms with E-state index < -0.39 is 9.84 Å². The summed E-state index contributed by atoms with van der Waals surface area (Å²) in [6.45, 7) is 0.983. The van der Waals surface area contributed by atoms with E-state index in [1.807, 2.05) is 0 Å². The summed E-state index contributed by atoms with van der Waals surface area (Å²) >= 11 is 0. The minimum absolute atomic E-state index is 0.00481. The Morgan fingerprint density at radius 1 is 1.33 bits per heavy atom. The summed E-state index contributed by atoms with van der Waals surface area (Å²) in [5, 5.41) is 0. The third kappa shape index (κ3) is 4.05. The number of carbonyl (C=O) groups excluding carboxylic acids is 1. The first-order chi connectivity index (χ1) is 11.4. The van der Waals surface area contributed by atoms with Crippen molar-refractivity contribution >= 4 is 15.7 Å². The third-order valence-electron chi connectivity index (χ3n) is 4.60. The number of amides is 1. The highest BCUT2D eigenvalue weighted by molar-refractivity contribution is 7.91. The summed E-state index contributed by atoms with van der Waals surface area (Å²) in [6.07, 6.45) is 3.78. The Labute approximate surface area is 141 Å². The summed E-state index contributed by atoms with van der Waals surface area (Å²) in [7, 11) is -3.09. The summed E-state index contributed by atoms with van der Waals surface area (Å²) in [5.74, 6) is -0.131. The van der Waals surface area contributed by atoms with Crippen molar-refractivity contribution in [3.63, 3.8) is 0 Å². The van der Waals surface area contributed by atoms with Gasteiger partial charge in [-0.15, -0.1) is 0 Å². The molecular weight excluding hydrogens is 332 g/mol. The van der Waals surface area contributed by atoms with Gasteiger partial charge < -0.3 is 14.2 Å². The van der Waals surface area contributed by atoms with Gasteiger partial charge in [0, 0.05) is 31.5 Å². The van der Waals surface area contributed by atoms with Crippen molar-refractivity contribution in [2.75, 3.05) is 24.7 Å². The van der Waals surface area contributed by atoms with Crippen LogP contribution in [0.1, 0.15) is 19.3 Å². The topological polar surface area (TPSA) is 85.7 Å². The number of aromatic nitrogens is 1. The molecule has 7 nitrogen and oxygen atoms in total. The van der Waals surface area contributed by atoms with E-state index in [-0.39, 0.29) is 41.7 Å². The van der Waals surface area contributed by atoms with Crippen LogP contribution in [0.3, 0.4) is 0 Å². The van der Waals surface area contributed by atoms with Crippen molar-refractivity contribution < 1.29 is 17.9 Å². The molecule has 0 aliphatic carbocycles. The fraction of sp³-hybridized carbons (Fsp3) is 0.625. The van der Waals surface area contributed by atoms with E-state index in [1.165, 1.54) is 10.6 Å². The molecular formula is C16H22N2O5S. The predicted octanol–water partition coefficient (Wildman–Crippen LogP) is 0.0430. The zero-order valence-corrected chi connectivity index (χ0v) is 14.3. The van der Waals surface area contributed by atoms with Crippen LogP contribution in [0.5, 0.6) is 0 Å². The van der Waals surface area contributed by atoms with Gasteiger partial charge in [-0.25, -0.2) is 8.42 Å². The van der Waals surface area contributed by atoms with Crippen molar-refractivity contribution in [3.8, 4) is 0 Å². The second-order valence-corrected chi connectivity index (χ2v) is 8.63. The van der Waals surface area contributed by atoms with Crippen LogP contribution in [0.4, 0.5) is 0 Å². The Morgan fingerprint density at radius 3 is 2.79 bits per heavy atom. The Hall–Kier alpha value is -1.67. The van der Waals surface area contributed by atoms with Crippen molar-refractivity contribution in [1.29, 1.82) is 0 Å². The molecule has 0 saturated carbocycles. The zero-order chi connectivity index (χ0) is 17.2. The van der Waals surface area contributed by atoms with Gasteiger partial charge in [-0.05, 0) is 25.3 Å². The molecule has 0 aromatic carbocycles. The number of carbonyl (C=O) groups is 1. The van der Waals surface area contributed by atoms with Gasteiger partial charge in [0.2, 0.25) is 5.91 Å². The van der Waals surface area contributed by atoms with Gasteiger partial charge in [-0.2, -0.15) is 0 Å². The number of hydrogen-bond acceptors (Lipinski definition) is 5. The van der Waals surface area contributed by atoms with Crippen LogP contribution in [0.25, 0.3) is 0 Å². The molecule has 2 aliphatic heterocycles. The lowest BCUT2D eigenvalue weighted by Gasteiger charge is -2.30. The van der Waals surface area contributed by atoms with Crippen LogP contribution in [0.15, 0.2) is 29.2 Å². The lowest BCUT2D eigenvalue weighted by atomic mass is 10.1. The molecule has 2 saturated heterocycles. The van der Waals surface area contributed by atoms with E-state index >= 15 is 0 Å². The maximum absolute atomic E-state index is 12.8. The molecule has 3 rings (SSSR count). The number of sulfone groups is 1. The number of hydrogen-bond donors (Lipinski definition) is 0. The second-order valence-electron chi connectivity index (χ2n) is 6.40. The molecule has 0 N–H and O–H groups in total. The van der Waals surface area contributed by atoms with Crippen LogP contribution in [0.2, 0.25) is 0 Å². The summed E-state index contributed by atoms with van der Waals surface area (Å²) in [4.78, 5) is 26.2. The first kappa shape index (κ1) is 17.2. The fourth-order valence-corrected chi connectivity index (χ4v) is 5.04. The van der Waals surface area contributed by atoms with Crippen molar-refractivity contribution in [2.24, 2.45) is 0 Å². The minimum atomic E-state index is -3.09. The van der Waals surface area contributed by atoms with Crippen molar-refractivity contribution in [3.05, 3.63) is 34.7 Å². The summed E-state index contributed by atoms with van der Waals surface area (Å²) in [6, 6.07) is 4.39. The minimum Gasteiger partial charge on any atom is -0.376 e. The van der Waals surface area contributed by atoms with Gasteiger partial charge in [0.05, 0.1) is 17.6 Å². The first-order valence-corrected chi connectivity index (χ1v) is 10.0. The molecule has 8 heteroatoms. The Kier molecular flexibility index (Phi) is 5.05. The van der Waals surface area contributed by atoms with Crippen molar-refractivity contribution in [2.45, 2.75) is 38.0 Å². The van der Waals surface area contributed by atoms with Crippen LogP contribution in [-0.4, -0.2) is 60.6 Å². The predicted molar refractivity (Wildman–Crippen MR) is 88.4 cm³/mol. The zero-order valence-electron chi connectivity index (χ0n) is 13.5. The van der Waals surface area contributed by atoms with Gasteiger partial charge in [0.15, 0.2) is 9.84 Å². The number of ether oxygens (including phenoxy) is 1. The van der Waals surface area contributed by atoms with Gasteiger partial charge in [0.25, 0.3) is 5.56 Å². The molecule has 2 atom stereocenters. The van der Waals surface area contributed by atoms with E-state index in [2.05, 4.69) is 0 Å². The molecule has 24 heavy (non-hydrogen) atoms. The molecule has 2 aliphatic rings. The van der Waals surface area contributed by atoms with Gasteiger partial charge in [0.1, 0.15) is 6.54 Å². The van der Waals surface area contributed by atoms with Gasteiger partial charge in [-0.3, -0.25) is 9.59 Å². The first-order valence-electron chi connectivity index (χ1n) is 8.21. The average Bonchev–Trinajstić information content (AvgIpc) is 3.16. The smallest absolute Gasteiger partial charge is 0.250 e. The monoisotopic (exact) mass is 354 g/mol. The Bertz CT molecular complexity index is 752. The van der Waals surface area contributed by atoms with Crippen molar-refractivity contribution in [1.82, 2.24) is 9.47 Å². The Morgan fingerprint density at radius 2 is 2.17 bits per heavy atom. The fourth-order valence-electron chi connectivity index (χ4n) is 3.31. The standard InChI is InChI=1S/C16H22N2O5S/c19-15-5-1-2-7-17(15)11-16(20)18(10-14-4-3-8-23-14)13-6-9-24(21,22)12-13/h1-2,5,7,13-14H,3-4,6,8-12H2/t13-,14-/m1/s1. The maximum atomic E-state index is 12.8. The normalized spacial score (nSPS) is 25.7. The molecule has 2 fully saturated rings. The highest BCUT2D eigenvalue weighted by Crippen LogP contribution is 2.21. The molecule has 0 spiro atoms. The van der Waals surface area contributed by atoms with Crippen LogP contribution < -0.4 is 5.56 Å². The summed E-state index contributed by atoms with van der Waals surface area (Å²) < 4.78 is 30.5. The lowest BCUT2D eigenvalue weighted by Crippen LogP contribution is -2.47. The largest absolute Gasteiger partial charge is 0.376 e.